The molecule has 0 spiro atoms. The largest absolute Gasteiger partial charge is 0.468 e. The van der Waals surface area contributed by atoms with E-state index in [1.807, 2.05) is 0 Å². The molecule has 0 unspecified atom stereocenters. The van der Waals surface area contributed by atoms with Gasteiger partial charge in [0, 0.05) is 44.2 Å². The van der Waals surface area contributed by atoms with Gasteiger partial charge in [0.15, 0.2) is 5.41 Å². The normalized spacial score (nSPS) is 18.6. The lowest BCUT2D eigenvalue weighted by Gasteiger charge is -2.54. The lowest BCUT2D eigenvalue weighted by molar-refractivity contribution is -0.168. The fourth-order valence-electron chi connectivity index (χ4n) is 11.2. The van der Waals surface area contributed by atoms with Crippen LogP contribution >= 0.6 is 8.07 Å². The van der Waals surface area contributed by atoms with Crippen LogP contribution < -0.4 is 14.9 Å². The van der Waals surface area contributed by atoms with Crippen molar-refractivity contribution < 1.29 is 19.1 Å². The first-order valence-electron chi connectivity index (χ1n) is 21.7. The van der Waals surface area contributed by atoms with Crippen LogP contribution in [0.1, 0.15) is 97.6 Å². The Balaban J connectivity index is 1.46. The number of esters is 2. The van der Waals surface area contributed by atoms with E-state index in [2.05, 4.69) is 110 Å². The summed E-state index contributed by atoms with van der Waals surface area (Å²) in [5.41, 5.74) is 11.6. The average molecular weight is 801 g/mol. The Labute approximate surface area is 344 Å². The second kappa shape index (κ2) is 16.2. The molecule has 300 valence electrons. The molecule has 57 heavy (non-hydrogen) atoms. The second-order valence-corrected chi connectivity index (χ2v) is 26.8. The van der Waals surface area contributed by atoms with E-state index >= 15 is 0 Å². The van der Waals surface area contributed by atoms with Crippen LogP contribution in [0.25, 0.3) is 10.8 Å². The molecule has 4 aromatic rings. The van der Waals surface area contributed by atoms with Gasteiger partial charge in [0.05, 0.1) is 14.2 Å². The third-order valence-corrected chi connectivity index (χ3v) is 18.7. The van der Waals surface area contributed by atoms with E-state index in [1.165, 1.54) is 128 Å². The molecule has 0 saturated heterocycles. The Bertz CT molecular complexity index is 2100. The van der Waals surface area contributed by atoms with Gasteiger partial charge >= 0.3 is 18.9 Å². The van der Waals surface area contributed by atoms with Crippen LogP contribution in [0.15, 0.2) is 66.7 Å². The highest BCUT2D eigenvalue weighted by Crippen LogP contribution is 2.63. The monoisotopic (exact) mass is 800 g/mol. The minimum absolute atomic E-state index is 0.0535. The highest BCUT2D eigenvalue weighted by Gasteiger charge is 2.55. The van der Waals surface area contributed by atoms with E-state index in [9.17, 15) is 9.59 Å². The molecule has 3 aliphatic carbocycles. The molecule has 6 nitrogen and oxygen atoms in total. The number of benzene rings is 4. The van der Waals surface area contributed by atoms with E-state index in [0.717, 1.165) is 23.7 Å². The predicted molar refractivity (Wildman–Crippen MR) is 242 cm³/mol. The lowest BCUT2D eigenvalue weighted by Crippen LogP contribution is -2.63. The number of carbonyl (C=O) groups excluding carboxylic acids is 2. The highest BCUT2D eigenvalue weighted by molar-refractivity contribution is 7.63. The van der Waals surface area contributed by atoms with Gasteiger partial charge in [-0.1, -0.05) is 113 Å². The standard InChI is InChI=1S/C48H62BN2O4PSi/c1-33-39-29-48(46(52)54-3,47(53)55-4)30-40(39)34(2)45(41(33)32-57(5,6)7)49-50(31-35-19-11-8-12-20-35)42-27-17-21-36-22-18-28-43(44(36)42)51(49)56(37-23-13-9-14-24-37)38-25-15-10-16-26-38/h8,11-12,17-22,27-28,37-38H,9-10,13-16,23-26,29-32H2,1-7H3. The molecule has 0 amide bonds. The maximum Gasteiger partial charge on any atom is 0.415 e. The number of carbonyl (C=O) groups is 2. The second-order valence-electron chi connectivity index (χ2n) is 18.7. The van der Waals surface area contributed by atoms with E-state index < -0.39 is 33.5 Å². The molecule has 1 aliphatic heterocycles. The van der Waals surface area contributed by atoms with Crippen molar-refractivity contribution in [2.24, 2.45) is 5.41 Å². The number of hydrogen-bond acceptors (Lipinski definition) is 6. The van der Waals surface area contributed by atoms with Crippen LogP contribution in [0.4, 0.5) is 11.4 Å². The van der Waals surface area contributed by atoms with Crippen molar-refractivity contribution in [2.45, 2.75) is 134 Å². The Morgan fingerprint density at radius 3 is 1.82 bits per heavy atom. The Hall–Kier alpha value is -3.61. The van der Waals surface area contributed by atoms with Crippen LogP contribution in [0.5, 0.6) is 0 Å². The molecular formula is C48H62BN2O4PSi. The van der Waals surface area contributed by atoms with Crippen LogP contribution in [0.3, 0.4) is 0 Å². The van der Waals surface area contributed by atoms with Gasteiger partial charge in [-0.2, -0.15) is 0 Å². The minimum Gasteiger partial charge on any atom is -0.468 e. The fourth-order valence-corrected chi connectivity index (χ4v) is 16.7. The molecule has 4 aromatic carbocycles. The number of ether oxygens (including phenoxy) is 2. The smallest absolute Gasteiger partial charge is 0.415 e. The summed E-state index contributed by atoms with van der Waals surface area (Å²) in [5.74, 6) is -0.997. The van der Waals surface area contributed by atoms with Crippen molar-refractivity contribution in [3.05, 3.63) is 100 Å². The highest BCUT2D eigenvalue weighted by atomic mass is 31.1. The molecule has 2 saturated carbocycles. The fraction of sp³-hybridized carbons (Fsp3) is 0.500. The molecule has 8 rings (SSSR count). The number of nitrogens with zero attached hydrogens (tertiary/aromatic N) is 2. The summed E-state index contributed by atoms with van der Waals surface area (Å²) >= 11 is 0. The van der Waals surface area contributed by atoms with E-state index in [-0.39, 0.29) is 6.98 Å². The summed E-state index contributed by atoms with van der Waals surface area (Å²) in [4.78, 5) is 30.4. The third-order valence-electron chi connectivity index (χ3n) is 13.8. The first-order chi connectivity index (χ1) is 27.5. The zero-order chi connectivity index (χ0) is 40.1. The Kier molecular flexibility index (Phi) is 11.4. The van der Waals surface area contributed by atoms with Gasteiger partial charge in [-0.05, 0) is 121 Å². The van der Waals surface area contributed by atoms with Crippen molar-refractivity contribution in [2.75, 3.05) is 23.6 Å². The molecule has 0 bridgehead atoms. The van der Waals surface area contributed by atoms with E-state index in [4.69, 9.17) is 9.47 Å². The zero-order valence-electron chi connectivity index (χ0n) is 35.5. The summed E-state index contributed by atoms with van der Waals surface area (Å²) in [6.07, 6.45) is 13.8. The third kappa shape index (κ3) is 7.26. The van der Waals surface area contributed by atoms with Crippen molar-refractivity contribution >= 4 is 62.7 Å². The molecule has 0 N–H and O–H groups in total. The molecule has 1 heterocycles. The summed E-state index contributed by atoms with van der Waals surface area (Å²) in [6.45, 7) is 12.8. The number of fused-ring (bicyclic) bond motifs is 1. The zero-order valence-corrected chi connectivity index (χ0v) is 37.4. The lowest BCUT2D eigenvalue weighted by atomic mass is 9.58. The van der Waals surface area contributed by atoms with Gasteiger partial charge in [0.25, 0.3) is 0 Å². The quantitative estimate of drug-likeness (QED) is 0.0689. The van der Waals surface area contributed by atoms with Crippen LogP contribution in [0.2, 0.25) is 19.6 Å². The van der Waals surface area contributed by atoms with Crippen LogP contribution in [-0.4, -0.2) is 52.5 Å². The molecule has 9 heteroatoms. The van der Waals surface area contributed by atoms with Crippen molar-refractivity contribution in [3.8, 4) is 0 Å². The summed E-state index contributed by atoms with van der Waals surface area (Å²) in [5, 5.41) is 2.68. The van der Waals surface area contributed by atoms with Crippen LogP contribution in [-0.2, 0) is 44.5 Å². The SMILES string of the molecule is COC(=O)C1(C(=O)OC)Cc2c(C)c(C[Si](C)(C)C)c(B3N(Cc4ccccc4)c4cccc5cccc(c45)N3P(C3CCCCC3)C3CCCCC3)c(C)c2C1. The minimum atomic E-state index is -1.72. The number of methoxy groups -OCH3 is 2. The maximum atomic E-state index is 13.8. The van der Waals surface area contributed by atoms with E-state index in [1.54, 1.807) is 0 Å². The first-order valence-corrected chi connectivity index (χ1v) is 26.8. The van der Waals surface area contributed by atoms with Gasteiger partial charge < -0.3 is 18.9 Å². The molecule has 0 aromatic heterocycles. The summed E-state index contributed by atoms with van der Waals surface area (Å²) in [7, 11) is 0.486. The molecular weight excluding hydrogens is 738 g/mol. The Morgan fingerprint density at radius 2 is 1.28 bits per heavy atom. The van der Waals surface area contributed by atoms with Gasteiger partial charge in [-0.3, -0.25) is 9.59 Å². The van der Waals surface area contributed by atoms with Crippen molar-refractivity contribution in [1.29, 1.82) is 0 Å². The number of hydrogen-bond donors (Lipinski definition) is 0. The Morgan fingerprint density at radius 1 is 0.737 bits per heavy atom. The van der Waals surface area contributed by atoms with Gasteiger partial charge in [-0.25, -0.2) is 0 Å². The van der Waals surface area contributed by atoms with Crippen LogP contribution in [0, 0.1) is 19.3 Å². The van der Waals surface area contributed by atoms with Crippen molar-refractivity contribution in [3.63, 3.8) is 0 Å². The topological polar surface area (TPSA) is 59.1 Å². The molecule has 2 fully saturated rings. The molecule has 0 radical (unpaired) electrons. The predicted octanol–water partition coefficient (Wildman–Crippen LogP) is 10.6. The number of rotatable bonds is 10. The van der Waals surface area contributed by atoms with Crippen molar-refractivity contribution in [1.82, 2.24) is 0 Å². The maximum absolute atomic E-state index is 13.8. The molecule has 0 atom stereocenters. The van der Waals surface area contributed by atoms with Gasteiger partial charge in [-0.15, -0.1) is 0 Å². The van der Waals surface area contributed by atoms with E-state index in [0.29, 0.717) is 24.2 Å². The van der Waals surface area contributed by atoms with Gasteiger partial charge in [0.1, 0.15) is 0 Å². The van der Waals surface area contributed by atoms with Gasteiger partial charge in [0.2, 0.25) is 0 Å². The summed E-state index contributed by atoms with van der Waals surface area (Å²) in [6, 6.07) is 26.1. The average Bonchev–Trinajstić information content (AvgIpc) is 3.65. The number of anilines is 2. The first kappa shape index (κ1) is 40.2. The molecule has 4 aliphatic rings. The summed E-state index contributed by atoms with van der Waals surface area (Å²) < 4.78 is 13.9.